The second-order valence-corrected chi connectivity index (χ2v) is 7.21. The highest BCUT2D eigenvalue weighted by Crippen LogP contribution is 2.41. The zero-order valence-corrected chi connectivity index (χ0v) is 16.1. The van der Waals surface area contributed by atoms with Gasteiger partial charge in [0.2, 0.25) is 0 Å². The molecule has 8 heteroatoms. The van der Waals surface area contributed by atoms with E-state index in [9.17, 15) is 4.79 Å². The van der Waals surface area contributed by atoms with E-state index >= 15 is 0 Å². The summed E-state index contributed by atoms with van der Waals surface area (Å²) in [4.78, 5) is 20.5. The number of nitrogens with zero attached hydrogens (tertiary/aromatic N) is 4. The molecule has 1 saturated carbocycles. The molecule has 7 nitrogen and oxygen atoms in total. The van der Waals surface area contributed by atoms with Crippen molar-refractivity contribution >= 4 is 17.6 Å². The van der Waals surface area contributed by atoms with E-state index in [-0.39, 0.29) is 6.03 Å². The molecule has 0 spiro atoms. The lowest BCUT2D eigenvalue weighted by Gasteiger charge is -2.10. The molecule has 0 atom stereocenters. The minimum atomic E-state index is -0.204. The highest BCUT2D eigenvalue weighted by Gasteiger charge is 2.28. The third-order valence-electron chi connectivity index (χ3n) is 4.61. The van der Waals surface area contributed by atoms with E-state index < -0.39 is 0 Å². The Hall–Kier alpha value is -2.93. The van der Waals surface area contributed by atoms with E-state index in [0.717, 1.165) is 17.0 Å². The average Bonchev–Trinajstić information content (AvgIpc) is 3.48. The SMILES string of the molecule is O=C(NCCn1nc(-c2cnccn2)cc1C1CC1)NCc1ccc(Cl)cc1. The Bertz CT molecular complexity index is 937. The number of carbonyl (C=O) groups is 1. The Morgan fingerprint density at radius 1 is 1.14 bits per heavy atom. The lowest BCUT2D eigenvalue weighted by molar-refractivity contribution is 0.240. The maximum absolute atomic E-state index is 12.0. The molecule has 2 aromatic heterocycles. The first-order valence-corrected chi connectivity index (χ1v) is 9.67. The monoisotopic (exact) mass is 396 g/mol. The second kappa shape index (κ2) is 8.39. The molecule has 2 N–H and O–H groups in total. The number of nitrogens with one attached hydrogen (secondary N) is 2. The number of amides is 2. The van der Waals surface area contributed by atoms with Crippen LogP contribution in [0.1, 0.15) is 30.0 Å². The van der Waals surface area contributed by atoms with E-state index in [1.807, 2.05) is 28.9 Å². The van der Waals surface area contributed by atoms with E-state index in [4.69, 9.17) is 11.6 Å². The van der Waals surface area contributed by atoms with E-state index in [1.165, 1.54) is 18.5 Å². The topological polar surface area (TPSA) is 84.7 Å². The summed E-state index contributed by atoms with van der Waals surface area (Å²) < 4.78 is 1.97. The van der Waals surface area contributed by atoms with Crippen molar-refractivity contribution in [2.45, 2.75) is 31.8 Å². The Kier molecular flexibility index (Phi) is 5.53. The maximum Gasteiger partial charge on any atom is 0.315 e. The van der Waals surface area contributed by atoms with Crippen LogP contribution >= 0.6 is 11.6 Å². The standard InChI is InChI=1S/C20H21ClN6O/c21-16-5-1-14(2-6-16)12-25-20(28)24-9-10-27-19(15-3-4-15)11-17(26-27)18-13-22-7-8-23-18/h1-2,5-8,11,13,15H,3-4,9-10,12H2,(H2,24,25,28). The number of hydrogen-bond donors (Lipinski definition) is 2. The Morgan fingerprint density at radius 3 is 2.68 bits per heavy atom. The number of benzene rings is 1. The maximum atomic E-state index is 12.0. The predicted octanol–water partition coefficient (Wildman–Crippen LogP) is 3.37. The highest BCUT2D eigenvalue weighted by atomic mass is 35.5. The molecular formula is C20H21ClN6O. The van der Waals surface area contributed by atoms with E-state index in [0.29, 0.717) is 30.6 Å². The highest BCUT2D eigenvalue weighted by molar-refractivity contribution is 6.30. The van der Waals surface area contributed by atoms with Crippen LogP contribution in [-0.4, -0.2) is 32.3 Å². The van der Waals surface area contributed by atoms with Gasteiger partial charge in [0.25, 0.3) is 0 Å². The van der Waals surface area contributed by atoms with Crippen molar-refractivity contribution in [3.05, 3.63) is 65.2 Å². The summed E-state index contributed by atoms with van der Waals surface area (Å²) in [5.41, 5.74) is 3.78. The molecule has 4 rings (SSSR count). The van der Waals surface area contributed by atoms with Crippen LogP contribution in [0.4, 0.5) is 4.79 Å². The lowest BCUT2D eigenvalue weighted by atomic mass is 10.2. The summed E-state index contributed by atoms with van der Waals surface area (Å²) in [5, 5.41) is 11.1. The molecule has 0 saturated heterocycles. The predicted molar refractivity (Wildman–Crippen MR) is 107 cm³/mol. The molecule has 0 radical (unpaired) electrons. The molecule has 0 aliphatic heterocycles. The third kappa shape index (κ3) is 4.67. The number of carbonyl (C=O) groups excluding carboxylic acids is 1. The first-order chi connectivity index (χ1) is 13.7. The van der Waals surface area contributed by atoms with Gasteiger partial charge in [-0.1, -0.05) is 23.7 Å². The molecule has 1 aliphatic carbocycles. The van der Waals surface area contributed by atoms with Crippen molar-refractivity contribution < 1.29 is 4.79 Å². The molecule has 0 unspecified atom stereocenters. The van der Waals surface area contributed by atoms with Crippen LogP contribution in [0.15, 0.2) is 48.9 Å². The first kappa shape index (κ1) is 18.4. The number of halogens is 1. The number of hydrogen-bond acceptors (Lipinski definition) is 4. The van der Waals surface area contributed by atoms with Crippen molar-refractivity contribution in [3.8, 4) is 11.4 Å². The van der Waals surface area contributed by atoms with E-state index in [2.05, 4.69) is 31.8 Å². The van der Waals surface area contributed by atoms with Crippen LogP contribution in [0.3, 0.4) is 0 Å². The van der Waals surface area contributed by atoms with Crippen molar-refractivity contribution in [1.82, 2.24) is 30.4 Å². The normalized spacial score (nSPS) is 13.3. The largest absolute Gasteiger partial charge is 0.336 e. The molecule has 2 heterocycles. The van der Waals surface area contributed by atoms with Crippen molar-refractivity contribution in [3.63, 3.8) is 0 Å². The molecule has 1 aromatic carbocycles. The van der Waals surface area contributed by atoms with Gasteiger partial charge in [-0.05, 0) is 36.6 Å². The first-order valence-electron chi connectivity index (χ1n) is 9.29. The molecule has 1 fully saturated rings. The summed E-state index contributed by atoms with van der Waals surface area (Å²) in [7, 11) is 0. The molecule has 0 bridgehead atoms. The minimum Gasteiger partial charge on any atom is -0.336 e. The van der Waals surface area contributed by atoms with E-state index in [1.54, 1.807) is 18.6 Å². The van der Waals surface area contributed by atoms with Crippen LogP contribution in [0.5, 0.6) is 0 Å². The fraction of sp³-hybridized carbons (Fsp3) is 0.300. The summed E-state index contributed by atoms with van der Waals surface area (Å²) in [5.74, 6) is 0.552. The number of rotatable bonds is 7. The van der Waals surface area contributed by atoms with Gasteiger partial charge >= 0.3 is 6.03 Å². The molecular weight excluding hydrogens is 376 g/mol. The summed E-state index contributed by atoms with van der Waals surface area (Å²) in [6.45, 7) is 1.56. The zero-order chi connectivity index (χ0) is 19.3. The van der Waals surface area contributed by atoms with Gasteiger partial charge in [0, 0.05) is 42.1 Å². The van der Waals surface area contributed by atoms with Crippen molar-refractivity contribution in [1.29, 1.82) is 0 Å². The van der Waals surface area contributed by atoms with Gasteiger partial charge in [0.1, 0.15) is 11.4 Å². The quantitative estimate of drug-likeness (QED) is 0.641. The summed E-state index contributed by atoms with van der Waals surface area (Å²) in [6, 6.07) is 9.28. The van der Waals surface area contributed by atoms with Crippen molar-refractivity contribution in [2.24, 2.45) is 0 Å². The van der Waals surface area contributed by atoms with Gasteiger partial charge in [-0.15, -0.1) is 0 Å². The van der Waals surface area contributed by atoms with Gasteiger partial charge in [0.05, 0.1) is 12.7 Å². The van der Waals surface area contributed by atoms with Gasteiger partial charge in [-0.3, -0.25) is 14.6 Å². The van der Waals surface area contributed by atoms with Crippen LogP contribution in [0.25, 0.3) is 11.4 Å². The molecule has 28 heavy (non-hydrogen) atoms. The van der Waals surface area contributed by atoms with Gasteiger partial charge in [-0.2, -0.15) is 5.10 Å². The second-order valence-electron chi connectivity index (χ2n) is 6.78. The molecule has 3 aromatic rings. The zero-order valence-electron chi connectivity index (χ0n) is 15.3. The van der Waals surface area contributed by atoms with Crippen LogP contribution in [0.2, 0.25) is 5.02 Å². The third-order valence-corrected chi connectivity index (χ3v) is 4.86. The fourth-order valence-electron chi connectivity index (χ4n) is 3.00. The number of aromatic nitrogens is 4. The van der Waals surface area contributed by atoms with Crippen LogP contribution in [0, 0.1) is 0 Å². The average molecular weight is 397 g/mol. The minimum absolute atomic E-state index is 0.204. The molecule has 144 valence electrons. The van der Waals surface area contributed by atoms with Gasteiger partial charge in [-0.25, -0.2) is 4.79 Å². The Morgan fingerprint density at radius 2 is 1.96 bits per heavy atom. The lowest BCUT2D eigenvalue weighted by Crippen LogP contribution is -2.37. The summed E-state index contributed by atoms with van der Waals surface area (Å²) >= 11 is 5.87. The van der Waals surface area contributed by atoms with Crippen LogP contribution < -0.4 is 10.6 Å². The Labute approximate surface area is 168 Å². The Balaban J connectivity index is 1.31. The number of urea groups is 1. The van der Waals surface area contributed by atoms with Crippen molar-refractivity contribution in [2.75, 3.05) is 6.54 Å². The molecule has 1 aliphatic rings. The summed E-state index contributed by atoms with van der Waals surface area (Å²) in [6.07, 6.45) is 7.39. The van der Waals surface area contributed by atoms with Gasteiger partial charge in [0.15, 0.2) is 0 Å². The van der Waals surface area contributed by atoms with Gasteiger partial charge < -0.3 is 10.6 Å². The smallest absolute Gasteiger partial charge is 0.315 e. The fourth-order valence-corrected chi connectivity index (χ4v) is 3.12. The van der Waals surface area contributed by atoms with Crippen LogP contribution in [-0.2, 0) is 13.1 Å². The molecule has 2 amide bonds.